The second-order valence-electron chi connectivity index (χ2n) is 4.01. The third kappa shape index (κ3) is 2.56. The summed E-state index contributed by atoms with van der Waals surface area (Å²) in [5.74, 6) is 0.512. The molecule has 2 aromatic rings. The summed E-state index contributed by atoms with van der Waals surface area (Å²) in [7, 11) is 0. The Morgan fingerprint density at radius 3 is 3.00 bits per heavy atom. The van der Waals surface area contributed by atoms with Crippen LogP contribution in [0.15, 0.2) is 18.2 Å². The number of nitrogens with zero attached hydrogens (tertiary/aromatic N) is 1. The van der Waals surface area contributed by atoms with E-state index in [4.69, 9.17) is 18.0 Å². The number of fused-ring (bicyclic) bond motifs is 1. The highest BCUT2D eigenvalue weighted by atomic mass is 32.1. The average molecular weight is 265 g/mol. The van der Waals surface area contributed by atoms with Gasteiger partial charge in [-0.1, -0.05) is 37.3 Å². The zero-order chi connectivity index (χ0) is 12.4. The summed E-state index contributed by atoms with van der Waals surface area (Å²) < 4.78 is 1.17. The van der Waals surface area contributed by atoms with Crippen LogP contribution in [0.1, 0.15) is 31.7 Å². The fourth-order valence-corrected chi connectivity index (χ4v) is 2.82. The van der Waals surface area contributed by atoms with Crippen LogP contribution in [0.4, 0.5) is 5.13 Å². The van der Waals surface area contributed by atoms with Gasteiger partial charge in [-0.3, -0.25) is 0 Å². The molecule has 0 saturated carbocycles. The van der Waals surface area contributed by atoms with Gasteiger partial charge in [-0.15, -0.1) is 0 Å². The van der Waals surface area contributed by atoms with Crippen molar-refractivity contribution in [3.8, 4) is 0 Å². The maximum Gasteiger partial charge on any atom is 0.190 e. The Kier molecular flexibility index (Phi) is 3.59. The van der Waals surface area contributed by atoms with E-state index in [0.717, 1.165) is 17.1 Å². The van der Waals surface area contributed by atoms with E-state index in [2.05, 4.69) is 42.3 Å². The number of para-hydroxylation sites is 1. The third-order valence-electron chi connectivity index (χ3n) is 2.82. The van der Waals surface area contributed by atoms with Crippen LogP contribution in [-0.4, -0.2) is 10.1 Å². The first-order valence-electron chi connectivity index (χ1n) is 5.57. The topological polar surface area (TPSA) is 50.9 Å². The Balaban J connectivity index is 2.48. The van der Waals surface area contributed by atoms with Gasteiger partial charge in [0.25, 0.3) is 0 Å². The molecule has 1 aromatic heterocycles. The van der Waals surface area contributed by atoms with Gasteiger partial charge in [-0.2, -0.15) is 0 Å². The first kappa shape index (κ1) is 12.3. The minimum atomic E-state index is 0.258. The highest BCUT2D eigenvalue weighted by Gasteiger charge is 2.12. The summed E-state index contributed by atoms with van der Waals surface area (Å²) in [5, 5.41) is 3.92. The highest BCUT2D eigenvalue weighted by Crippen LogP contribution is 2.32. The largest absolute Gasteiger partial charge is 0.376 e. The molecule has 0 aliphatic rings. The zero-order valence-electron chi connectivity index (χ0n) is 9.86. The molecular weight excluding hydrogens is 250 g/mol. The smallest absolute Gasteiger partial charge is 0.190 e. The maximum atomic E-state index is 5.46. The number of aromatic nitrogens is 1. The van der Waals surface area contributed by atoms with E-state index in [0.29, 0.717) is 5.92 Å². The quantitative estimate of drug-likeness (QED) is 0.834. The van der Waals surface area contributed by atoms with Gasteiger partial charge in [0, 0.05) is 0 Å². The first-order chi connectivity index (χ1) is 8.11. The Morgan fingerprint density at radius 2 is 2.35 bits per heavy atom. The molecule has 0 amide bonds. The predicted molar refractivity (Wildman–Crippen MR) is 78.7 cm³/mol. The fourth-order valence-electron chi connectivity index (χ4n) is 1.75. The van der Waals surface area contributed by atoms with Crippen LogP contribution in [0.2, 0.25) is 0 Å². The van der Waals surface area contributed by atoms with E-state index in [1.807, 2.05) is 0 Å². The molecule has 1 heterocycles. The van der Waals surface area contributed by atoms with Crippen molar-refractivity contribution in [3.05, 3.63) is 23.8 Å². The van der Waals surface area contributed by atoms with Crippen LogP contribution in [-0.2, 0) is 0 Å². The van der Waals surface area contributed by atoms with Gasteiger partial charge in [0.15, 0.2) is 10.2 Å². The lowest BCUT2D eigenvalue weighted by atomic mass is 9.98. The van der Waals surface area contributed by atoms with Crippen LogP contribution in [0, 0.1) is 0 Å². The molecule has 90 valence electrons. The van der Waals surface area contributed by atoms with Crippen molar-refractivity contribution in [2.75, 3.05) is 5.32 Å². The Hall–Kier alpha value is -1.20. The normalized spacial score (nSPS) is 12.6. The van der Waals surface area contributed by atoms with E-state index in [-0.39, 0.29) is 5.11 Å². The second kappa shape index (κ2) is 4.98. The third-order valence-corrected chi connectivity index (χ3v) is 3.86. The van der Waals surface area contributed by atoms with Crippen LogP contribution in [0.3, 0.4) is 0 Å². The minimum absolute atomic E-state index is 0.258. The molecule has 0 aliphatic heterocycles. The molecule has 17 heavy (non-hydrogen) atoms. The maximum absolute atomic E-state index is 5.46. The number of rotatable bonds is 3. The van der Waals surface area contributed by atoms with Crippen molar-refractivity contribution in [3.63, 3.8) is 0 Å². The van der Waals surface area contributed by atoms with Crippen molar-refractivity contribution in [1.29, 1.82) is 0 Å². The first-order valence-corrected chi connectivity index (χ1v) is 6.80. The van der Waals surface area contributed by atoms with E-state index < -0.39 is 0 Å². The van der Waals surface area contributed by atoms with E-state index in [1.165, 1.54) is 10.3 Å². The van der Waals surface area contributed by atoms with E-state index in [9.17, 15) is 0 Å². The Labute approximate surface area is 110 Å². The molecule has 0 aliphatic carbocycles. The fraction of sp³-hybridized carbons (Fsp3) is 0.333. The van der Waals surface area contributed by atoms with Gasteiger partial charge >= 0.3 is 0 Å². The van der Waals surface area contributed by atoms with Crippen molar-refractivity contribution in [2.24, 2.45) is 5.73 Å². The molecule has 3 N–H and O–H groups in total. The summed E-state index contributed by atoms with van der Waals surface area (Å²) in [5.41, 5.74) is 7.81. The van der Waals surface area contributed by atoms with Crippen LogP contribution in [0.5, 0.6) is 0 Å². The number of nitrogens with one attached hydrogen (secondary N) is 1. The predicted octanol–water partition coefficient (Wildman–Crippen LogP) is 3.47. The van der Waals surface area contributed by atoms with Gasteiger partial charge in [0.2, 0.25) is 0 Å². The molecule has 5 heteroatoms. The van der Waals surface area contributed by atoms with Crippen molar-refractivity contribution < 1.29 is 0 Å². The summed E-state index contributed by atoms with van der Waals surface area (Å²) in [6, 6.07) is 6.29. The molecule has 0 fully saturated rings. The van der Waals surface area contributed by atoms with Crippen molar-refractivity contribution in [1.82, 2.24) is 4.98 Å². The molecule has 1 aromatic carbocycles. The molecule has 0 saturated heterocycles. The summed E-state index contributed by atoms with van der Waals surface area (Å²) in [6.45, 7) is 4.40. The molecule has 3 nitrogen and oxygen atoms in total. The molecule has 0 spiro atoms. The number of hydrogen-bond acceptors (Lipinski definition) is 3. The molecule has 1 atom stereocenters. The Bertz CT molecular complexity index is 548. The summed E-state index contributed by atoms with van der Waals surface area (Å²) >= 11 is 6.40. The number of nitrogens with two attached hydrogens (primary N) is 1. The number of benzene rings is 1. The molecular formula is C12H15N3S2. The highest BCUT2D eigenvalue weighted by molar-refractivity contribution is 7.80. The lowest BCUT2D eigenvalue weighted by Gasteiger charge is -2.08. The lowest BCUT2D eigenvalue weighted by molar-refractivity contribution is 0.738. The lowest BCUT2D eigenvalue weighted by Crippen LogP contribution is -2.18. The summed E-state index contributed by atoms with van der Waals surface area (Å²) in [6.07, 6.45) is 1.11. The van der Waals surface area contributed by atoms with E-state index >= 15 is 0 Å². The number of hydrogen-bond donors (Lipinski definition) is 2. The van der Waals surface area contributed by atoms with Gasteiger partial charge in [0.1, 0.15) is 0 Å². The SMILES string of the molecule is CC[C@@H](C)c1cccc2sc(NC(N)=S)nc12. The van der Waals surface area contributed by atoms with Gasteiger partial charge in [-0.25, -0.2) is 4.98 Å². The number of thiocarbonyl (C=S) groups is 1. The second-order valence-corrected chi connectivity index (χ2v) is 5.48. The van der Waals surface area contributed by atoms with Gasteiger partial charge in [-0.05, 0) is 36.2 Å². The standard InChI is InChI=1S/C12H15N3S2/c1-3-7(2)8-5-4-6-9-10(8)14-12(17-9)15-11(13)16/h4-7H,3H2,1-2H3,(H3,13,14,15,16)/t7-/m1/s1. The van der Waals surface area contributed by atoms with Gasteiger partial charge < -0.3 is 11.1 Å². The molecule has 2 rings (SSSR count). The number of anilines is 1. The van der Waals surface area contributed by atoms with E-state index in [1.54, 1.807) is 11.3 Å². The van der Waals surface area contributed by atoms with Crippen molar-refractivity contribution >= 4 is 44.0 Å². The zero-order valence-corrected chi connectivity index (χ0v) is 11.5. The molecule has 0 unspecified atom stereocenters. The van der Waals surface area contributed by atoms with Crippen LogP contribution >= 0.6 is 23.6 Å². The average Bonchev–Trinajstić information content (AvgIpc) is 2.68. The van der Waals surface area contributed by atoms with Crippen LogP contribution < -0.4 is 11.1 Å². The molecule has 0 radical (unpaired) electrons. The van der Waals surface area contributed by atoms with Gasteiger partial charge in [0.05, 0.1) is 10.2 Å². The van der Waals surface area contributed by atoms with Crippen LogP contribution in [0.25, 0.3) is 10.2 Å². The molecule has 0 bridgehead atoms. The summed E-state index contributed by atoms with van der Waals surface area (Å²) in [4.78, 5) is 4.56. The minimum Gasteiger partial charge on any atom is -0.376 e. The Morgan fingerprint density at radius 1 is 1.59 bits per heavy atom. The monoisotopic (exact) mass is 265 g/mol. The number of thiazole rings is 1. The van der Waals surface area contributed by atoms with Crippen molar-refractivity contribution in [2.45, 2.75) is 26.2 Å².